The molecule has 0 nitrogen and oxygen atoms in total. The Balaban J connectivity index is 1.49. The van der Waals surface area contributed by atoms with Crippen LogP contribution >= 0.6 is 0 Å². The van der Waals surface area contributed by atoms with Crippen LogP contribution in [0.2, 0.25) is 0 Å². The molecule has 0 saturated heterocycles. The molecule has 1 heteroatoms. The van der Waals surface area contributed by atoms with Gasteiger partial charge in [0.05, 0.1) is 0 Å². The van der Waals surface area contributed by atoms with Gasteiger partial charge in [-0.2, -0.15) is 0 Å². The molecule has 0 aromatic heterocycles. The highest BCUT2D eigenvalue weighted by Gasteiger charge is 2.47. The van der Waals surface area contributed by atoms with E-state index in [4.69, 9.17) is 0 Å². The van der Waals surface area contributed by atoms with Crippen LogP contribution in [0, 0.1) is 47.3 Å². The average molecular weight is 409 g/mol. The molecule has 164 valence electrons. The van der Waals surface area contributed by atoms with Crippen LogP contribution in [-0.4, -0.2) is 6.17 Å². The van der Waals surface area contributed by atoms with Crippen molar-refractivity contribution in [2.75, 3.05) is 0 Å². The van der Waals surface area contributed by atoms with Gasteiger partial charge in [0.1, 0.15) is 6.17 Å². The highest BCUT2D eigenvalue weighted by atomic mass is 19.1. The topological polar surface area (TPSA) is 0 Å². The minimum Gasteiger partial charge on any atom is -0.247 e. The zero-order valence-corrected chi connectivity index (χ0v) is 19.5. The molecule has 0 aromatic carbocycles. The van der Waals surface area contributed by atoms with Crippen molar-refractivity contribution in [1.82, 2.24) is 0 Å². The zero-order valence-electron chi connectivity index (χ0n) is 19.5. The van der Waals surface area contributed by atoms with Crippen molar-refractivity contribution in [3.63, 3.8) is 0 Å². The van der Waals surface area contributed by atoms with E-state index in [1.54, 1.807) is 16.7 Å². The molecule has 0 amide bonds. The van der Waals surface area contributed by atoms with Gasteiger partial charge in [-0.1, -0.05) is 60.4 Å². The lowest BCUT2D eigenvalue weighted by atomic mass is 9.58. The van der Waals surface area contributed by atoms with Crippen LogP contribution in [0.4, 0.5) is 4.39 Å². The molecule has 1 saturated carbocycles. The molecule has 1 fully saturated rings. The highest BCUT2D eigenvalue weighted by Crippen LogP contribution is 2.58. The maximum absolute atomic E-state index is 14.3. The van der Waals surface area contributed by atoms with E-state index in [2.05, 4.69) is 52.0 Å². The molecule has 0 radical (unpaired) electrons. The van der Waals surface area contributed by atoms with Gasteiger partial charge in [0.15, 0.2) is 0 Å². The van der Waals surface area contributed by atoms with E-state index in [1.807, 2.05) is 0 Å². The van der Waals surface area contributed by atoms with Crippen molar-refractivity contribution >= 4 is 0 Å². The van der Waals surface area contributed by atoms with Crippen molar-refractivity contribution in [2.45, 2.75) is 85.2 Å². The Bertz CT molecular complexity index is 795. The predicted octanol–water partition coefficient (Wildman–Crippen LogP) is 8.23. The largest absolute Gasteiger partial charge is 0.247 e. The van der Waals surface area contributed by atoms with Gasteiger partial charge < -0.3 is 0 Å². The van der Waals surface area contributed by atoms with Gasteiger partial charge in [-0.3, -0.25) is 0 Å². The van der Waals surface area contributed by atoms with E-state index in [1.165, 1.54) is 44.1 Å². The quantitative estimate of drug-likeness (QED) is 0.413. The van der Waals surface area contributed by atoms with Gasteiger partial charge in [-0.25, -0.2) is 4.39 Å². The minimum absolute atomic E-state index is 0.411. The van der Waals surface area contributed by atoms with E-state index >= 15 is 0 Å². The average Bonchev–Trinajstić information content (AvgIpc) is 3.48. The van der Waals surface area contributed by atoms with Crippen LogP contribution in [0.5, 0.6) is 0 Å². The van der Waals surface area contributed by atoms with E-state index < -0.39 is 6.17 Å². The SMILES string of the molecule is CC1=CCC(F)CC1C1C=C(C2CC2C)C2CC(C3C=CCCC3)C(C)C(C)=C2C1. The maximum atomic E-state index is 14.3. The molecule has 0 N–H and O–H groups in total. The summed E-state index contributed by atoms with van der Waals surface area (Å²) in [4.78, 5) is 0. The second-order valence-corrected chi connectivity index (χ2v) is 11.4. The van der Waals surface area contributed by atoms with Crippen molar-refractivity contribution < 1.29 is 4.39 Å². The summed E-state index contributed by atoms with van der Waals surface area (Å²) >= 11 is 0. The number of hydrogen-bond acceptors (Lipinski definition) is 0. The Morgan fingerprint density at radius 1 is 1.00 bits per heavy atom. The van der Waals surface area contributed by atoms with Crippen LogP contribution in [-0.2, 0) is 0 Å². The summed E-state index contributed by atoms with van der Waals surface area (Å²) in [5.41, 5.74) is 6.65. The standard InChI is InChI=1S/C29H41F/c1-17-10-11-23(30)15-24(17)22-13-27-20(4)19(3)26(21-8-6-5-7-9-21)16-29(27)28(14-22)25-12-18(25)2/h6,8,10,14,18-19,21-26,29H,5,7,9,11-13,15-16H2,1-4H3. The lowest BCUT2D eigenvalue weighted by Gasteiger charge is -2.46. The van der Waals surface area contributed by atoms with Crippen LogP contribution in [0.3, 0.4) is 0 Å². The molecule has 0 spiro atoms. The van der Waals surface area contributed by atoms with Gasteiger partial charge in [-0.05, 0) is 107 Å². The normalized spacial score (nSPS) is 46.2. The molecule has 0 heterocycles. The van der Waals surface area contributed by atoms with Gasteiger partial charge in [0.25, 0.3) is 0 Å². The second-order valence-electron chi connectivity index (χ2n) is 11.4. The zero-order chi connectivity index (χ0) is 21.0. The number of fused-ring (bicyclic) bond motifs is 1. The first-order chi connectivity index (χ1) is 14.4. The smallest absolute Gasteiger partial charge is 0.104 e. The summed E-state index contributed by atoms with van der Waals surface area (Å²) < 4.78 is 14.3. The number of hydrogen-bond donors (Lipinski definition) is 0. The van der Waals surface area contributed by atoms with Crippen molar-refractivity contribution in [1.29, 1.82) is 0 Å². The van der Waals surface area contributed by atoms with E-state index in [0.29, 0.717) is 30.1 Å². The Labute approximate surface area is 183 Å². The predicted molar refractivity (Wildman–Crippen MR) is 125 cm³/mol. The van der Waals surface area contributed by atoms with Gasteiger partial charge >= 0.3 is 0 Å². The summed E-state index contributed by atoms with van der Waals surface area (Å²) in [5, 5.41) is 0. The van der Waals surface area contributed by atoms with Crippen LogP contribution in [0.25, 0.3) is 0 Å². The molecular weight excluding hydrogens is 367 g/mol. The highest BCUT2D eigenvalue weighted by molar-refractivity contribution is 5.39. The molecule has 9 unspecified atom stereocenters. The molecule has 5 aliphatic rings. The van der Waals surface area contributed by atoms with E-state index in [9.17, 15) is 4.39 Å². The number of halogens is 1. The maximum Gasteiger partial charge on any atom is 0.104 e. The fourth-order valence-electron chi connectivity index (χ4n) is 7.53. The molecular formula is C29H41F. The third kappa shape index (κ3) is 3.69. The molecule has 0 aliphatic heterocycles. The summed E-state index contributed by atoms with van der Waals surface area (Å²) in [5.74, 6) is 5.52. The lowest BCUT2D eigenvalue weighted by molar-refractivity contribution is 0.207. The molecule has 5 rings (SSSR count). The van der Waals surface area contributed by atoms with Crippen molar-refractivity contribution in [3.8, 4) is 0 Å². The van der Waals surface area contributed by atoms with Gasteiger partial charge in [0.2, 0.25) is 0 Å². The van der Waals surface area contributed by atoms with E-state index in [0.717, 1.165) is 30.1 Å². The Hall–Kier alpha value is -1.11. The number of allylic oxidation sites excluding steroid dienone is 8. The minimum atomic E-state index is -0.643. The Kier molecular flexibility index (Phi) is 5.61. The summed E-state index contributed by atoms with van der Waals surface area (Å²) in [6.07, 6.45) is 18.5. The van der Waals surface area contributed by atoms with Crippen LogP contribution < -0.4 is 0 Å². The fourth-order valence-corrected chi connectivity index (χ4v) is 7.53. The molecule has 0 aromatic rings. The van der Waals surface area contributed by atoms with Crippen molar-refractivity contribution in [3.05, 3.63) is 46.6 Å². The Morgan fingerprint density at radius 3 is 2.50 bits per heavy atom. The van der Waals surface area contributed by atoms with Crippen LogP contribution in [0.15, 0.2) is 46.6 Å². The van der Waals surface area contributed by atoms with Gasteiger partial charge in [0, 0.05) is 5.92 Å². The third-order valence-corrected chi connectivity index (χ3v) is 9.71. The fraction of sp³-hybridized carbons (Fsp3) is 0.724. The number of rotatable bonds is 3. The molecule has 9 atom stereocenters. The second kappa shape index (κ2) is 8.10. The molecule has 0 bridgehead atoms. The van der Waals surface area contributed by atoms with Crippen molar-refractivity contribution in [2.24, 2.45) is 47.3 Å². The first-order valence-corrected chi connectivity index (χ1v) is 12.8. The summed E-state index contributed by atoms with van der Waals surface area (Å²) in [6.45, 7) is 9.64. The molecule has 5 aliphatic carbocycles. The molecule has 30 heavy (non-hydrogen) atoms. The summed E-state index contributed by atoms with van der Waals surface area (Å²) in [7, 11) is 0. The van der Waals surface area contributed by atoms with Gasteiger partial charge in [-0.15, -0.1) is 0 Å². The first-order valence-electron chi connectivity index (χ1n) is 12.8. The van der Waals surface area contributed by atoms with E-state index in [-0.39, 0.29) is 0 Å². The third-order valence-electron chi connectivity index (χ3n) is 9.71. The number of alkyl halides is 1. The monoisotopic (exact) mass is 408 g/mol. The van der Waals surface area contributed by atoms with Crippen LogP contribution in [0.1, 0.15) is 79.1 Å². The Morgan fingerprint density at radius 2 is 1.80 bits per heavy atom. The first kappa shape index (κ1) is 20.8. The lowest BCUT2D eigenvalue weighted by Crippen LogP contribution is -2.36. The summed E-state index contributed by atoms with van der Waals surface area (Å²) in [6, 6.07) is 0.